The summed E-state index contributed by atoms with van der Waals surface area (Å²) in [6.45, 7) is 3.76. The number of carbonyl (C=O) groups excluding carboxylic acids is 3. The summed E-state index contributed by atoms with van der Waals surface area (Å²) < 4.78 is 0. The Balaban J connectivity index is 1.86. The van der Waals surface area contributed by atoms with Crippen molar-refractivity contribution in [3.05, 3.63) is 18.2 Å². The third kappa shape index (κ3) is 6.55. The van der Waals surface area contributed by atoms with Gasteiger partial charge in [-0.05, 0) is 25.2 Å². The Labute approximate surface area is 174 Å². The summed E-state index contributed by atoms with van der Waals surface area (Å²) in [6, 6.07) is -2.53. The predicted octanol–water partition coefficient (Wildman–Crippen LogP) is -0.998. The first kappa shape index (κ1) is 23.3. The zero-order valence-corrected chi connectivity index (χ0v) is 17.3. The van der Waals surface area contributed by atoms with Gasteiger partial charge in [0.1, 0.15) is 12.1 Å². The second-order valence-corrected chi connectivity index (χ2v) is 7.88. The molecular weight excluding hydrogens is 392 g/mol. The van der Waals surface area contributed by atoms with Crippen LogP contribution in [0.4, 0.5) is 0 Å². The molecule has 1 fully saturated rings. The molecule has 1 aliphatic rings. The summed E-state index contributed by atoms with van der Waals surface area (Å²) >= 11 is 0. The first-order valence-corrected chi connectivity index (χ1v) is 10.0. The number of aromatic amines is 1. The Morgan fingerprint density at radius 1 is 1.37 bits per heavy atom. The lowest BCUT2D eigenvalue weighted by Gasteiger charge is -2.26. The fourth-order valence-electron chi connectivity index (χ4n) is 3.46. The molecule has 1 aromatic heterocycles. The largest absolute Gasteiger partial charge is 0.480 e. The van der Waals surface area contributed by atoms with Crippen LogP contribution in [0.3, 0.4) is 0 Å². The van der Waals surface area contributed by atoms with Crippen LogP contribution in [0.1, 0.15) is 38.8 Å². The number of likely N-dealkylation sites (tertiary alicyclic amines) is 1. The van der Waals surface area contributed by atoms with E-state index >= 15 is 0 Å². The highest BCUT2D eigenvalue weighted by atomic mass is 16.4. The maximum atomic E-state index is 12.7. The molecule has 11 nitrogen and oxygen atoms in total. The Morgan fingerprint density at radius 3 is 2.70 bits per heavy atom. The number of H-pyrrole nitrogens is 1. The topological polar surface area (TPSA) is 171 Å². The van der Waals surface area contributed by atoms with Crippen LogP contribution in [0, 0.1) is 5.92 Å². The zero-order valence-electron chi connectivity index (χ0n) is 17.3. The molecule has 0 spiro atoms. The molecule has 166 valence electrons. The number of amides is 3. The minimum absolute atomic E-state index is 0.0880. The van der Waals surface area contributed by atoms with Crippen molar-refractivity contribution in [1.29, 1.82) is 0 Å². The van der Waals surface area contributed by atoms with E-state index in [0.717, 1.165) is 5.69 Å². The van der Waals surface area contributed by atoms with Crippen LogP contribution in [-0.2, 0) is 25.6 Å². The lowest BCUT2D eigenvalue weighted by atomic mass is 10.0. The SMILES string of the molecule is CC(C)CC(NC(=O)CNC(=O)C1CCCN1C(=O)C(N)Cc1cnc[nH]1)C(=O)O. The van der Waals surface area contributed by atoms with Crippen molar-refractivity contribution in [1.82, 2.24) is 25.5 Å². The zero-order chi connectivity index (χ0) is 22.3. The molecule has 1 aliphatic heterocycles. The summed E-state index contributed by atoms with van der Waals surface area (Å²) in [5.41, 5.74) is 6.73. The van der Waals surface area contributed by atoms with E-state index in [2.05, 4.69) is 20.6 Å². The molecule has 2 rings (SSSR count). The molecule has 3 amide bonds. The van der Waals surface area contributed by atoms with Gasteiger partial charge in [-0.15, -0.1) is 0 Å². The van der Waals surface area contributed by atoms with Crippen LogP contribution < -0.4 is 16.4 Å². The molecule has 2 heterocycles. The normalized spacial score (nSPS) is 18.1. The van der Waals surface area contributed by atoms with Gasteiger partial charge in [0.05, 0.1) is 18.9 Å². The van der Waals surface area contributed by atoms with Gasteiger partial charge in [-0.25, -0.2) is 9.78 Å². The molecule has 1 aromatic rings. The van der Waals surface area contributed by atoms with Crippen molar-refractivity contribution >= 4 is 23.7 Å². The van der Waals surface area contributed by atoms with E-state index in [1.165, 1.54) is 11.2 Å². The van der Waals surface area contributed by atoms with E-state index in [1.54, 1.807) is 6.20 Å². The van der Waals surface area contributed by atoms with Gasteiger partial charge >= 0.3 is 5.97 Å². The van der Waals surface area contributed by atoms with Crippen LogP contribution in [-0.4, -0.2) is 74.9 Å². The van der Waals surface area contributed by atoms with Gasteiger partial charge in [-0.1, -0.05) is 13.8 Å². The minimum atomic E-state index is -1.12. The summed E-state index contributed by atoms with van der Waals surface area (Å²) in [6.07, 6.45) is 4.78. The van der Waals surface area contributed by atoms with Gasteiger partial charge in [0, 0.05) is 24.9 Å². The number of carbonyl (C=O) groups is 4. The Morgan fingerprint density at radius 2 is 2.10 bits per heavy atom. The van der Waals surface area contributed by atoms with Gasteiger partial charge in [0.25, 0.3) is 0 Å². The van der Waals surface area contributed by atoms with E-state index in [1.807, 2.05) is 13.8 Å². The number of carboxylic acids is 1. The first-order chi connectivity index (χ1) is 14.2. The van der Waals surface area contributed by atoms with Crippen LogP contribution in [0.2, 0.25) is 0 Å². The molecule has 30 heavy (non-hydrogen) atoms. The highest BCUT2D eigenvalue weighted by molar-refractivity contribution is 5.93. The van der Waals surface area contributed by atoms with Crippen molar-refractivity contribution in [3.63, 3.8) is 0 Å². The summed E-state index contributed by atoms with van der Waals surface area (Å²) in [5, 5.41) is 14.1. The fraction of sp³-hybridized carbons (Fsp3) is 0.632. The fourth-order valence-corrected chi connectivity index (χ4v) is 3.46. The van der Waals surface area contributed by atoms with Crippen LogP contribution in [0.25, 0.3) is 0 Å². The third-order valence-corrected chi connectivity index (χ3v) is 4.91. The average Bonchev–Trinajstić information content (AvgIpc) is 3.36. The lowest BCUT2D eigenvalue weighted by Crippen LogP contribution is -2.53. The summed E-state index contributed by atoms with van der Waals surface area (Å²) in [4.78, 5) is 56.8. The molecule has 0 radical (unpaired) electrons. The second kappa shape index (κ2) is 10.7. The number of hydrogen-bond donors (Lipinski definition) is 5. The number of rotatable bonds is 10. The lowest BCUT2D eigenvalue weighted by molar-refractivity contribution is -0.142. The number of nitrogens with zero attached hydrogens (tertiary/aromatic N) is 2. The molecule has 3 atom stereocenters. The Kier molecular flexibility index (Phi) is 8.34. The summed E-state index contributed by atoms with van der Waals surface area (Å²) in [7, 11) is 0. The summed E-state index contributed by atoms with van der Waals surface area (Å²) in [5.74, 6) is -2.43. The molecule has 11 heteroatoms. The van der Waals surface area contributed by atoms with Crippen molar-refractivity contribution < 1.29 is 24.3 Å². The second-order valence-electron chi connectivity index (χ2n) is 7.88. The highest BCUT2D eigenvalue weighted by Crippen LogP contribution is 2.19. The smallest absolute Gasteiger partial charge is 0.326 e. The predicted molar refractivity (Wildman–Crippen MR) is 107 cm³/mol. The molecule has 1 saturated heterocycles. The molecule has 6 N–H and O–H groups in total. The molecule has 0 bridgehead atoms. The van der Waals surface area contributed by atoms with Gasteiger partial charge in [-0.2, -0.15) is 0 Å². The maximum absolute atomic E-state index is 12.7. The van der Waals surface area contributed by atoms with E-state index in [0.29, 0.717) is 19.4 Å². The highest BCUT2D eigenvalue weighted by Gasteiger charge is 2.36. The minimum Gasteiger partial charge on any atom is -0.480 e. The number of imidazole rings is 1. The van der Waals surface area contributed by atoms with E-state index in [4.69, 9.17) is 5.73 Å². The van der Waals surface area contributed by atoms with E-state index < -0.39 is 35.9 Å². The van der Waals surface area contributed by atoms with E-state index in [9.17, 15) is 24.3 Å². The van der Waals surface area contributed by atoms with Gasteiger partial charge in [0.2, 0.25) is 17.7 Å². The molecule has 0 aliphatic carbocycles. The van der Waals surface area contributed by atoms with Crippen molar-refractivity contribution in [2.45, 2.75) is 57.7 Å². The van der Waals surface area contributed by atoms with E-state index in [-0.39, 0.29) is 31.2 Å². The number of hydrogen-bond acceptors (Lipinski definition) is 6. The van der Waals surface area contributed by atoms with Gasteiger partial charge < -0.3 is 31.4 Å². The maximum Gasteiger partial charge on any atom is 0.326 e. The first-order valence-electron chi connectivity index (χ1n) is 10.0. The third-order valence-electron chi connectivity index (χ3n) is 4.91. The Hall–Kier alpha value is -2.95. The standard InChI is InChI=1S/C19H30N6O5/c1-11(2)6-14(19(29)30)24-16(26)9-22-17(27)15-4-3-5-25(15)18(28)13(20)7-12-8-21-10-23-12/h8,10-11,13-15H,3-7,9,20H2,1-2H3,(H,21,23)(H,22,27)(H,24,26)(H,29,30). The van der Waals surface area contributed by atoms with Gasteiger partial charge in [-0.3, -0.25) is 14.4 Å². The quantitative estimate of drug-likeness (QED) is 0.322. The van der Waals surface area contributed by atoms with Gasteiger partial charge in [0.15, 0.2) is 0 Å². The van der Waals surface area contributed by atoms with Crippen LogP contribution in [0.15, 0.2) is 12.5 Å². The van der Waals surface area contributed by atoms with Crippen molar-refractivity contribution in [2.24, 2.45) is 11.7 Å². The number of nitrogens with one attached hydrogen (secondary N) is 3. The molecule has 3 unspecified atom stereocenters. The number of carboxylic acid groups (broad SMARTS) is 1. The number of nitrogens with two attached hydrogens (primary N) is 1. The molecule has 0 aromatic carbocycles. The van der Waals surface area contributed by atoms with Crippen molar-refractivity contribution in [3.8, 4) is 0 Å². The number of aliphatic carboxylic acids is 1. The van der Waals surface area contributed by atoms with Crippen LogP contribution in [0.5, 0.6) is 0 Å². The Bertz CT molecular complexity index is 751. The van der Waals surface area contributed by atoms with Crippen molar-refractivity contribution in [2.75, 3.05) is 13.1 Å². The molecule has 0 saturated carbocycles. The van der Waals surface area contributed by atoms with Crippen LogP contribution >= 0.6 is 0 Å². The molecular formula is C19H30N6O5. The monoisotopic (exact) mass is 422 g/mol. The number of aromatic nitrogens is 2. The average molecular weight is 422 g/mol.